The quantitative estimate of drug-likeness (QED) is 0.681. The van der Waals surface area contributed by atoms with Gasteiger partial charge in [0.15, 0.2) is 0 Å². The molecule has 1 heterocycles. The van der Waals surface area contributed by atoms with Crippen molar-refractivity contribution in [3.8, 4) is 0 Å². The molecule has 2 rings (SSSR count). The molecule has 1 aliphatic heterocycles. The molecule has 1 unspecified atom stereocenters. The van der Waals surface area contributed by atoms with E-state index in [1.54, 1.807) is 37.9 Å². The maximum Gasteiger partial charge on any atom is 0.338 e. The van der Waals surface area contributed by atoms with Gasteiger partial charge in [-0.2, -0.15) is 0 Å². The number of nitrogens with zero attached hydrogens (tertiary/aromatic N) is 2. The van der Waals surface area contributed by atoms with Crippen LogP contribution < -0.4 is 0 Å². The molecule has 1 aromatic rings. The molecule has 7 heteroatoms. The number of halogens is 1. The molecule has 0 radical (unpaired) electrons. The molecule has 1 N–H and O–H groups in total. The SMILES string of the molecule is CC1=C(C(=O)O)C(c2ccccc2CF)=C([N+](=O)[O-])C(C)N1C. The Balaban J connectivity index is 2.90. The number of hydrogen-bond acceptors (Lipinski definition) is 4. The number of nitro groups is 1. The Morgan fingerprint density at radius 1 is 1.43 bits per heavy atom. The second kappa shape index (κ2) is 6.20. The number of carbonyl (C=O) groups is 1. The fourth-order valence-electron chi connectivity index (χ4n) is 2.83. The number of carboxylic acid groups (broad SMARTS) is 1. The van der Waals surface area contributed by atoms with Crippen LogP contribution in [0.5, 0.6) is 0 Å². The molecule has 0 bridgehead atoms. The van der Waals surface area contributed by atoms with E-state index < -0.39 is 23.6 Å². The molecule has 0 saturated carbocycles. The third-order valence-corrected chi connectivity index (χ3v) is 4.21. The maximum absolute atomic E-state index is 13.3. The summed E-state index contributed by atoms with van der Waals surface area (Å²) < 4.78 is 13.3. The fourth-order valence-corrected chi connectivity index (χ4v) is 2.83. The molecule has 23 heavy (non-hydrogen) atoms. The van der Waals surface area contributed by atoms with E-state index in [0.29, 0.717) is 5.70 Å². The zero-order valence-corrected chi connectivity index (χ0v) is 13.0. The van der Waals surface area contributed by atoms with Crippen molar-refractivity contribution in [3.05, 3.63) is 62.5 Å². The van der Waals surface area contributed by atoms with E-state index in [1.807, 2.05) is 0 Å². The van der Waals surface area contributed by atoms with Crippen molar-refractivity contribution < 1.29 is 19.2 Å². The fraction of sp³-hybridized carbons (Fsp3) is 0.312. The molecule has 0 aliphatic carbocycles. The number of carboxylic acids is 1. The average molecular weight is 320 g/mol. The molecule has 0 saturated heterocycles. The van der Waals surface area contributed by atoms with E-state index in [1.165, 1.54) is 12.1 Å². The molecular weight excluding hydrogens is 303 g/mol. The second-order valence-corrected chi connectivity index (χ2v) is 5.36. The highest BCUT2D eigenvalue weighted by atomic mass is 19.1. The first-order chi connectivity index (χ1) is 10.8. The van der Waals surface area contributed by atoms with Crippen molar-refractivity contribution in [1.29, 1.82) is 0 Å². The van der Waals surface area contributed by atoms with Gasteiger partial charge in [0.1, 0.15) is 12.7 Å². The number of benzene rings is 1. The zero-order valence-electron chi connectivity index (χ0n) is 13.0. The van der Waals surface area contributed by atoms with Crippen molar-refractivity contribution in [2.24, 2.45) is 0 Å². The van der Waals surface area contributed by atoms with Gasteiger partial charge in [0, 0.05) is 12.7 Å². The monoisotopic (exact) mass is 320 g/mol. The smallest absolute Gasteiger partial charge is 0.338 e. The van der Waals surface area contributed by atoms with E-state index in [9.17, 15) is 24.4 Å². The van der Waals surface area contributed by atoms with E-state index in [0.717, 1.165) is 0 Å². The van der Waals surface area contributed by atoms with Gasteiger partial charge in [0.05, 0.1) is 16.1 Å². The predicted molar refractivity (Wildman–Crippen MR) is 82.7 cm³/mol. The predicted octanol–water partition coefficient (Wildman–Crippen LogP) is 2.84. The Bertz CT molecular complexity index is 739. The number of allylic oxidation sites excluding steroid dienone is 1. The molecule has 0 amide bonds. The van der Waals surface area contributed by atoms with Gasteiger partial charge in [-0.05, 0) is 25.0 Å². The van der Waals surface area contributed by atoms with Gasteiger partial charge >= 0.3 is 5.97 Å². The van der Waals surface area contributed by atoms with Crippen LogP contribution in [0.4, 0.5) is 4.39 Å². The van der Waals surface area contributed by atoms with Crippen LogP contribution in [-0.2, 0) is 11.5 Å². The lowest BCUT2D eigenvalue weighted by Crippen LogP contribution is -2.38. The van der Waals surface area contributed by atoms with Crippen LogP contribution in [0.3, 0.4) is 0 Å². The van der Waals surface area contributed by atoms with Gasteiger partial charge in [-0.1, -0.05) is 24.3 Å². The van der Waals surface area contributed by atoms with Crippen molar-refractivity contribution in [1.82, 2.24) is 4.90 Å². The summed E-state index contributed by atoms with van der Waals surface area (Å²) in [5.41, 5.74) is 0.455. The van der Waals surface area contributed by atoms with Crippen LogP contribution >= 0.6 is 0 Å². The molecule has 6 nitrogen and oxygen atoms in total. The minimum absolute atomic E-state index is 0.0150. The van der Waals surface area contributed by atoms with Crippen molar-refractivity contribution in [2.75, 3.05) is 7.05 Å². The second-order valence-electron chi connectivity index (χ2n) is 5.36. The lowest BCUT2D eigenvalue weighted by atomic mass is 9.86. The minimum atomic E-state index is -1.27. The number of hydrogen-bond donors (Lipinski definition) is 1. The Hall–Kier alpha value is -2.70. The van der Waals surface area contributed by atoms with Gasteiger partial charge in [0.2, 0.25) is 0 Å². The standard InChI is InChI=1S/C16H17FN2O4/c1-9-13(16(20)21)14(12-7-5-4-6-11(12)8-17)15(19(22)23)10(2)18(9)3/h4-7,10H,8H2,1-3H3,(H,20,21). The Labute approximate surface area is 132 Å². The van der Waals surface area contributed by atoms with Crippen LogP contribution in [-0.4, -0.2) is 34.0 Å². The first-order valence-corrected chi connectivity index (χ1v) is 7.01. The molecule has 1 aromatic carbocycles. The normalized spacial score (nSPS) is 18.4. The Morgan fingerprint density at radius 3 is 2.57 bits per heavy atom. The lowest BCUT2D eigenvalue weighted by Gasteiger charge is -2.33. The van der Waals surface area contributed by atoms with Gasteiger partial charge in [-0.3, -0.25) is 10.1 Å². The number of alkyl halides is 1. The maximum atomic E-state index is 13.3. The van der Waals surface area contributed by atoms with Gasteiger partial charge < -0.3 is 10.0 Å². The third-order valence-electron chi connectivity index (χ3n) is 4.21. The Morgan fingerprint density at radius 2 is 2.04 bits per heavy atom. The van der Waals surface area contributed by atoms with E-state index in [2.05, 4.69) is 0 Å². The first-order valence-electron chi connectivity index (χ1n) is 7.01. The van der Waals surface area contributed by atoms with Crippen LogP contribution in [0, 0.1) is 10.1 Å². The summed E-state index contributed by atoms with van der Waals surface area (Å²) in [5, 5.41) is 21.2. The summed E-state index contributed by atoms with van der Waals surface area (Å²) in [7, 11) is 1.60. The third kappa shape index (κ3) is 2.69. The average Bonchev–Trinajstić information content (AvgIpc) is 2.51. The highest BCUT2D eigenvalue weighted by Crippen LogP contribution is 2.39. The molecule has 0 aromatic heterocycles. The highest BCUT2D eigenvalue weighted by molar-refractivity contribution is 6.07. The largest absolute Gasteiger partial charge is 0.478 e. The highest BCUT2D eigenvalue weighted by Gasteiger charge is 2.40. The summed E-state index contributed by atoms with van der Waals surface area (Å²) in [4.78, 5) is 24.3. The van der Waals surface area contributed by atoms with Crippen LogP contribution in [0.2, 0.25) is 0 Å². The zero-order chi connectivity index (χ0) is 17.3. The molecule has 0 fully saturated rings. The van der Waals surface area contributed by atoms with E-state index >= 15 is 0 Å². The van der Waals surface area contributed by atoms with Gasteiger partial charge in [0.25, 0.3) is 5.70 Å². The van der Waals surface area contributed by atoms with Gasteiger partial charge in [-0.25, -0.2) is 9.18 Å². The molecule has 122 valence electrons. The lowest BCUT2D eigenvalue weighted by molar-refractivity contribution is -0.431. The number of aliphatic carboxylic acids is 1. The van der Waals surface area contributed by atoms with Crippen molar-refractivity contribution in [2.45, 2.75) is 26.6 Å². The van der Waals surface area contributed by atoms with Crippen molar-refractivity contribution >= 4 is 11.5 Å². The van der Waals surface area contributed by atoms with Crippen LogP contribution in [0.15, 0.2) is 41.2 Å². The molecule has 1 atom stereocenters. The molecule has 0 spiro atoms. The summed E-state index contributed by atoms with van der Waals surface area (Å²) in [5.74, 6) is -1.27. The summed E-state index contributed by atoms with van der Waals surface area (Å²) in [6.07, 6.45) is 0. The topological polar surface area (TPSA) is 83.7 Å². The summed E-state index contributed by atoms with van der Waals surface area (Å²) in [6.45, 7) is 2.38. The number of rotatable bonds is 4. The Kier molecular flexibility index (Phi) is 4.49. The molecule has 1 aliphatic rings. The first kappa shape index (κ1) is 16.7. The van der Waals surface area contributed by atoms with E-state index in [4.69, 9.17) is 0 Å². The van der Waals surface area contributed by atoms with Crippen LogP contribution in [0.1, 0.15) is 25.0 Å². The van der Waals surface area contributed by atoms with Gasteiger partial charge in [-0.15, -0.1) is 0 Å². The summed E-state index contributed by atoms with van der Waals surface area (Å²) >= 11 is 0. The molecular formula is C16H17FN2O4. The van der Waals surface area contributed by atoms with E-state index in [-0.39, 0.29) is 28.0 Å². The van der Waals surface area contributed by atoms with Crippen LogP contribution in [0.25, 0.3) is 5.57 Å². The van der Waals surface area contributed by atoms with Crippen molar-refractivity contribution in [3.63, 3.8) is 0 Å². The minimum Gasteiger partial charge on any atom is -0.478 e. The summed E-state index contributed by atoms with van der Waals surface area (Å²) in [6, 6.07) is 5.60. The number of likely N-dealkylation sites (N-methyl/N-ethyl adjacent to an activating group) is 1.